The number of rotatable bonds is 9. The molecule has 216 valence electrons. The predicted molar refractivity (Wildman–Crippen MR) is 157 cm³/mol. The highest BCUT2D eigenvalue weighted by Crippen LogP contribution is 2.23. The van der Waals surface area contributed by atoms with E-state index in [-0.39, 0.29) is 30.2 Å². The van der Waals surface area contributed by atoms with Gasteiger partial charge in [-0.05, 0) is 69.8 Å². The Morgan fingerprint density at radius 2 is 1.76 bits per heavy atom. The van der Waals surface area contributed by atoms with Crippen LogP contribution in [-0.2, 0) is 25.6 Å². The molecule has 2 saturated heterocycles. The van der Waals surface area contributed by atoms with E-state index in [1.807, 2.05) is 48.7 Å². The highest BCUT2D eigenvalue weighted by molar-refractivity contribution is 6.00. The van der Waals surface area contributed by atoms with Gasteiger partial charge in [-0.25, -0.2) is 0 Å². The van der Waals surface area contributed by atoms with Crippen molar-refractivity contribution >= 4 is 40.2 Å². The molecule has 5 N–H and O–H groups in total. The molecular weight excluding hydrogens is 520 g/mol. The van der Waals surface area contributed by atoms with Gasteiger partial charge in [-0.1, -0.05) is 36.4 Å². The van der Waals surface area contributed by atoms with Gasteiger partial charge in [0.2, 0.25) is 23.6 Å². The van der Waals surface area contributed by atoms with E-state index >= 15 is 0 Å². The van der Waals surface area contributed by atoms with Gasteiger partial charge in [0.05, 0.1) is 6.04 Å². The summed E-state index contributed by atoms with van der Waals surface area (Å²) in [7, 11) is 0. The minimum absolute atomic E-state index is 0.0567. The zero-order valence-electron chi connectivity index (χ0n) is 23.5. The largest absolute Gasteiger partial charge is 0.361 e. The van der Waals surface area contributed by atoms with E-state index < -0.39 is 23.5 Å². The third-order valence-electron chi connectivity index (χ3n) is 7.96. The molecule has 3 aromatic rings. The second-order valence-corrected chi connectivity index (χ2v) is 11.4. The molecule has 1 unspecified atom stereocenters. The lowest BCUT2D eigenvalue weighted by Crippen LogP contribution is -2.61. The lowest BCUT2D eigenvalue weighted by molar-refractivity contribution is -0.141. The summed E-state index contributed by atoms with van der Waals surface area (Å²) in [6, 6.07) is 15.0. The van der Waals surface area contributed by atoms with Crippen molar-refractivity contribution in [1.29, 1.82) is 0 Å². The molecule has 10 nitrogen and oxygen atoms in total. The van der Waals surface area contributed by atoms with Gasteiger partial charge in [0.1, 0.15) is 17.6 Å². The molecule has 0 aliphatic carbocycles. The topological polar surface area (TPSA) is 135 Å². The first kappa shape index (κ1) is 28.4. The Balaban J connectivity index is 1.29. The number of amides is 4. The average molecular weight is 559 g/mol. The van der Waals surface area contributed by atoms with E-state index in [0.717, 1.165) is 42.3 Å². The fourth-order valence-corrected chi connectivity index (χ4v) is 5.67. The summed E-state index contributed by atoms with van der Waals surface area (Å²) >= 11 is 0. The van der Waals surface area contributed by atoms with E-state index in [1.165, 1.54) is 0 Å². The summed E-state index contributed by atoms with van der Waals surface area (Å²) in [5, 5.41) is 12.8. The zero-order chi connectivity index (χ0) is 29.0. The quantitative estimate of drug-likeness (QED) is 0.275. The number of hydrogen-bond donors (Lipinski definition) is 5. The normalized spacial score (nSPS) is 19.6. The number of carbonyl (C=O) groups is 4. The molecule has 0 radical (unpaired) electrons. The molecular formula is C31H38N6O4. The Morgan fingerprint density at radius 1 is 1.00 bits per heavy atom. The number of hydrogen-bond acceptors (Lipinski definition) is 5. The summed E-state index contributed by atoms with van der Waals surface area (Å²) in [5.41, 5.74) is 1.11. The fraction of sp³-hybridized carbons (Fsp3) is 0.419. The number of fused-ring (bicyclic) bond motifs is 1. The van der Waals surface area contributed by atoms with Crippen LogP contribution in [0, 0.1) is 0 Å². The van der Waals surface area contributed by atoms with Crippen molar-refractivity contribution in [3.63, 3.8) is 0 Å². The van der Waals surface area contributed by atoms with Gasteiger partial charge < -0.3 is 31.2 Å². The number of aromatic nitrogens is 1. The Hall–Kier alpha value is -4.18. The Labute approximate surface area is 239 Å². The van der Waals surface area contributed by atoms with Crippen LogP contribution < -0.4 is 21.3 Å². The van der Waals surface area contributed by atoms with Gasteiger partial charge in [-0.2, -0.15) is 0 Å². The SMILES string of the molecule is CC(C)(NC(=O)C1CCCN1C(=O)[C@H]1CCCN1)C(=O)N[C@H](Cc1c[nH]c2ccccc12)C(=O)Nc1ccccc1. The van der Waals surface area contributed by atoms with E-state index in [0.29, 0.717) is 18.7 Å². The molecule has 2 aromatic carbocycles. The predicted octanol–water partition coefficient (Wildman–Crippen LogP) is 2.47. The minimum Gasteiger partial charge on any atom is -0.361 e. The third kappa shape index (κ3) is 6.43. The molecule has 3 heterocycles. The maximum Gasteiger partial charge on any atom is 0.247 e. The third-order valence-corrected chi connectivity index (χ3v) is 7.96. The summed E-state index contributed by atoms with van der Waals surface area (Å²) in [6.07, 6.45) is 5.07. The van der Waals surface area contributed by atoms with Crippen LogP contribution in [0.1, 0.15) is 45.1 Å². The van der Waals surface area contributed by atoms with Crippen molar-refractivity contribution < 1.29 is 19.2 Å². The molecule has 2 aliphatic rings. The molecule has 1 aromatic heterocycles. The minimum atomic E-state index is -1.33. The van der Waals surface area contributed by atoms with Gasteiger partial charge in [0.15, 0.2) is 0 Å². The van der Waals surface area contributed by atoms with E-state index in [9.17, 15) is 19.2 Å². The molecule has 5 rings (SSSR count). The van der Waals surface area contributed by atoms with E-state index in [4.69, 9.17) is 0 Å². The van der Waals surface area contributed by atoms with Crippen LogP contribution in [0.4, 0.5) is 5.69 Å². The molecule has 10 heteroatoms. The van der Waals surface area contributed by atoms with Crippen LogP contribution in [0.2, 0.25) is 0 Å². The average Bonchev–Trinajstić information content (AvgIpc) is 3.74. The summed E-state index contributed by atoms with van der Waals surface area (Å²) in [6.45, 7) is 4.54. The zero-order valence-corrected chi connectivity index (χ0v) is 23.5. The highest BCUT2D eigenvalue weighted by Gasteiger charge is 2.41. The number of benzene rings is 2. The Kier molecular flexibility index (Phi) is 8.39. The van der Waals surface area contributed by atoms with Crippen molar-refractivity contribution in [3.8, 4) is 0 Å². The molecule has 0 saturated carbocycles. The van der Waals surface area contributed by atoms with Gasteiger partial charge >= 0.3 is 0 Å². The number of carbonyl (C=O) groups excluding carboxylic acids is 4. The van der Waals surface area contributed by atoms with Gasteiger partial charge in [0, 0.05) is 35.8 Å². The lowest BCUT2D eigenvalue weighted by Gasteiger charge is -2.32. The summed E-state index contributed by atoms with van der Waals surface area (Å²) in [4.78, 5) is 58.3. The van der Waals surface area contributed by atoms with Crippen molar-refractivity contribution in [3.05, 3.63) is 66.4 Å². The Bertz CT molecular complexity index is 1410. The van der Waals surface area contributed by atoms with Gasteiger partial charge in [-0.3, -0.25) is 19.2 Å². The second-order valence-electron chi connectivity index (χ2n) is 11.4. The number of H-pyrrole nitrogens is 1. The fourth-order valence-electron chi connectivity index (χ4n) is 5.67. The molecule has 0 spiro atoms. The monoisotopic (exact) mass is 558 g/mol. The van der Waals surface area contributed by atoms with Crippen molar-refractivity contribution in [2.24, 2.45) is 0 Å². The van der Waals surface area contributed by atoms with Gasteiger partial charge in [-0.15, -0.1) is 0 Å². The van der Waals surface area contributed by atoms with Gasteiger partial charge in [0.25, 0.3) is 0 Å². The molecule has 0 bridgehead atoms. The van der Waals surface area contributed by atoms with Crippen LogP contribution in [-0.4, -0.2) is 70.3 Å². The molecule has 4 amide bonds. The number of anilines is 1. The molecule has 3 atom stereocenters. The number of para-hydroxylation sites is 2. The first-order valence-electron chi connectivity index (χ1n) is 14.3. The standard InChI is InChI=1S/C31H38N6O4/c1-31(2,36-28(39)26-15-9-17-37(26)29(40)24-14-8-16-32-24)30(41)35-25(27(38)34-21-10-4-3-5-11-21)18-20-19-33-23-13-7-6-12-22(20)23/h3-7,10-13,19,24-26,32-33H,8-9,14-18H2,1-2H3,(H,34,38)(H,35,41)(H,36,39)/t24-,25-,26?/m1/s1. The second kappa shape index (κ2) is 12.1. The van der Waals surface area contributed by atoms with E-state index in [1.54, 1.807) is 30.9 Å². The number of aromatic amines is 1. The van der Waals surface area contributed by atoms with Crippen LogP contribution in [0.15, 0.2) is 60.8 Å². The smallest absolute Gasteiger partial charge is 0.247 e. The molecule has 41 heavy (non-hydrogen) atoms. The van der Waals surface area contributed by atoms with Crippen molar-refractivity contribution in [2.75, 3.05) is 18.4 Å². The van der Waals surface area contributed by atoms with Crippen LogP contribution in [0.25, 0.3) is 10.9 Å². The number of likely N-dealkylation sites (tertiary alicyclic amines) is 1. The lowest BCUT2D eigenvalue weighted by atomic mass is 9.99. The first-order chi connectivity index (χ1) is 19.7. The molecule has 2 fully saturated rings. The van der Waals surface area contributed by atoms with Crippen molar-refractivity contribution in [1.82, 2.24) is 25.8 Å². The maximum atomic E-state index is 13.6. The molecule has 2 aliphatic heterocycles. The first-order valence-corrected chi connectivity index (χ1v) is 14.3. The number of nitrogens with zero attached hydrogens (tertiary/aromatic N) is 1. The van der Waals surface area contributed by atoms with E-state index in [2.05, 4.69) is 26.3 Å². The maximum absolute atomic E-state index is 13.6. The number of nitrogens with one attached hydrogen (secondary N) is 5. The van der Waals surface area contributed by atoms with Crippen LogP contribution >= 0.6 is 0 Å². The van der Waals surface area contributed by atoms with Crippen molar-refractivity contribution in [2.45, 2.75) is 69.6 Å². The van der Waals surface area contributed by atoms with Crippen LogP contribution in [0.3, 0.4) is 0 Å². The Morgan fingerprint density at radius 3 is 2.51 bits per heavy atom. The van der Waals surface area contributed by atoms with Crippen LogP contribution in [0.5, 0.6) is 0 Å². The summed E-state index contributed by atoms with van der Waals surface area (Å²) < 4.78 is 0. The summed E-state index contributed by atoms with van der Waals surface area (Å²) in [5.74, 6) is -1.28. The highest BCUT2D eigenvalue weighted by atomic mass is 16.2.